The molecule has 0 saturated carbocycles. The van der Waals surface area contributed by atoms with Gasteiger partial charge in [-0.3, -0.25) is 0 Å². The van der Waals surface area contributed by atoms with Gasteiger partial charge >= 0.3 is 0 Å². The van der Waals surface area contributed by atoms with Gasteiger partial charge in [0.2, 0.25) is 0 Å². The number of hydrogen-bond donors (Lipinski definition) is 0. The maximum absolute atomic E-state index is 2.62. The normalized spacial score (nSPS) is 13.3. The van der Waals surface area contributed by atoms with Crippen LogP contribution >= 0.6 is 0 Å². The molecular formula is C98H91BN4. The molecule has 4 nitrogen and oxygen atoms in total. The Balaban J connectivity index is 0.937. The van der Waals surface area contributed by atoms with Gasteiger partial charge in [0.15, 0.2) is 0 Å². The average molecular weight is 1340 g/mol. The van der Waals surface area contributed by atoms with Crippen molar-refractivity contribution in [1.82, 2.24) is 9.13 Å². The van der Waals surface area contributed by atoms with Gasteiger partial charge in [0.1, 0.15) is 0 Å². The Labute approximate surface area is 609 Å². The summed E-state index contributed by atoms with van der Waals surface area (Å²) in [5.41, 5.74) is 33.4. The molecule has 2 aromatic heterocycles. The molecule has 5 heteroatoms. The highest BCUT2D eigenvalue weighted by Gasteiger charge is 2.45. The van der Waals surface area contributed by atoms with Gasteiger partial charge in [0.25, 0.3) is 6.71 Å². The molecule has 506 valence electrons. The third-order valence-corrected chi connectivity index (χ3v) is 22.3. The minimum Gasteiger partial charge on any atom is -0.311 e. The van der Waals surface area contributed by atoms with Crippen LogP contribution in [0.1, 0.15) is 132 Å². The highest BCUT2D eigenvalue weighted by Crippen LogP contribution is 2.50. The molecule has 103 heavy (non-hydrogen) atoms. The topological polar surface area (TPSA) is 16.3 Å². The quantitative estimate of drug-likeness (QED) is 0.141. The summed E-state index contributed by atoms with van der Waals surface area (Å²) in [6.07, 6.45) is 0. The summed E-state index contributed by atoms with van der Waals surface area (Å²) in [4.78, 5) is 5.24. The molecule has 2 aliphatic rings. The second-order valence-corrected chi connectivity index (χ2v) is 34.4. The van der Waals surface area contributed by atoms with Crippen molar-refractivity contribution in [1.29, 1.82) is 0 Å². The molecule has 0 bridgehead atoms. The molecule has 0 fully saturated rings. The van der Waals surface area contributed by atoms with Crippen molar-refractivity contribution in [3.05, 3.63) is 307 Å². The number of hydrogen-bond acceptors (Lipinski definition) is 2. The van der Waals surface area contributed by atoms with E-state index in [9.17, 15) is 0 Å². The lowest BCUT2D eigenvalue weighted by Gasteiger charge is -2.45. The molecule has 0 amide bonds. The molecular weight excluding hydrogens is 1240 g/mol. The van der Waals surface area contributed by atoms with E-state index in [1.807, 2.05) is 0 Å². The highest BCUT2D eigenvalue weighted by atomic mass is 15.2. The largest absolute Gasteiger partial charge is 0.311 e. The van der Waals surface area contributed by atoms with E-state index in [4.69, 9.17) is 0 Å². The molecule has 17 rings (SSSR count). The SMILES string of the molecule is CC(C)(C)c1cc2c3c(c1)N(c1ccc(-c4cc(-c5ccccc5)cc(-c5ccccc5)c4)cc1)c1cc(-n4c5ccc(C(C)(C)C)cc5c5cc(C(C)(C)C)ccc54)ccc1B3c1ccc(-n3c4ccc(C(C)(C)C)cc4c4cc(C(C)(C)C)ccc43)cc1N2c1ccc(-c2ccccc2)cc1. The summed E-state index contributed by atoms with van der Waals surface area (Å²) in [5.74, 6) is 0. The number of fused-ring (bicyclic) bond motifs is 10. The first kappa shape index (κ1) is 65.4. The van der Waals surface area contributed by atoms with Gasteiger partial charge in [-0.25, -0.2) is 0 Å². The zero-order valence-corrected chi connectivity index (χ0v) is 62.4. The van der Waals surface area contributed by atoms with E-state index in [-0.39, 0.29) is 33.8 Å². The van der Waals surface area contributed by atoms with Crippen LogP contribution in [0.25, 0.3) is 99.5 Å². The van der Waals surface area contributed by atoms with E-state index in [0.717, 1.165) is 34.0 Å². The van der Waals surface area contributed by atoms with Gasteiger partial charge in [-0.1, -0.05) is 256 Å². The van der Waals surface area contributed by atoms with Crippen LogP contribution in [0.4, 0.5) is 34.1 Å². The predicted molar refractivity (Wildman–Crippen MR) is 444 cm³/mol. The van der Waals surface area contributed by atoms with Crippen LogP contribution in [0.15, 0.2) is 279 Å². The lowest BCUT2D eigenvalue weighted by atomic mass is 9.33. The fourth-order valence-corrected chi connectivity index (χ4v) is 16.3. The van der Waals surface area contributed by atoms with Crippen molar-refractivity contribution in [2.24, 2.45) is 0 Å². The van der Waals surface area contributed by atoms with Crippen molar-refractivity contribution in [3.63, 3.8) is 0 Å². The van der Waals surface area contributed by atoms with E-state index < -0.39 is 0 Å². The van der Waals surface area contributed by atoms with Gasteiger partial charge in [0.05, 0.1) is 22.1 Å². The Kier molecular flexibility index (Phi) is 15.2. The summed E-state index contributed by atoms with van der Waals surface area (Å²) >= 11 is 0. The van der Waals surface area contributed by atoms with Crippen LogP contribution in [0.2, 0.25) is 0 Å². The van der Waals surface area contributed by atoms with Crippen LogP contribution < -0.4 is 26.2 Å². The summed E-state index contributed by atoms with van der Waals surface area (Å²) < 4.78 is 5.09. The van der Waals surface area contributed by atoms with Crippen LogP contribution in [-0.2, 0) is 27.1 Å². The van der Waals surface area contributed by atoms with E-state index in [1.54, 1.807) is 0 Å². The predicted octanol–water partition coefficient (Wildman–Crippen LogP) is 25.1. The second kappa shape index (κ2) is 23.9. The summed E-state index contributed by atoms with van der Waals surface area (Å²) in [7, 11) is 0. The van der Waals surface area contributed by atoms with Crippen molar-refractivity contribution < 1.29 is 0 Å². The minimum atomic E-state index is -0.245. The Hall–Kier alpha value is -10.9. The molecule has 0 unspecified atom stereocenters. The van der Waals surface area contributed by atoms with Crippen molar-refractivity contribution >= 4 is 101 Å². The van der Waals surface area contributed by atoms with Gasteiger partial charge in [-0.2, -0.15) is 0 Å². The first-order chi connectivity index (χ1) is 49.2. The Morgan fingerprint density at radius 2 is 0.485 bits per heavy atom. The van der Waals surface area contributed by atoms with Crippen molar-refractivity contribution in [3.8, 4) is 55.9 Å². The van der Waals surface area contributed by atoms with Gasteiger partial charge in [-0.15, -0.1) is 0 Å². The molecule has 0 aliphatic carbocycles. The number of anilines is 6. The smallest absolute Gasteiger partial charge is 0.252 e. The lowest BCUT2D eigenvalue weighted by molar-refractivity contribution is 0.590. The first-order valence-corrected chi connectivity index (χ1v) is 37.0. The number of benzene rings is 13. The minimum absolute atomic E-state index is 0.0286. The third kappa shape index (κ3) is 11.3. The fraction of sp³-hybridized carbons (Fsp3) is 0.204. The maximum Gasteiger partial charge on any atom is 0.252 e. The Bertz CT molecular complexity index is 5660. The maximum atomic E-state index is 2.62. The van der Waals surface area contributed by atoms with E-state index in [1.165, 1.54) is 144 Å². The van der Waals surface area contributed by atoms with Gasteiger partial charge in [-0.05, 0) is 243 Å². The molecule has 4 heterocycles. The molecule has 0 radical (unpaired) electrons. The molecule has 13 aromatic carbocycles. The summed E-state index contributed by atoms with van der Waals surface area (Å²) in [6, 6.07) is 107. The van der Waals surface area contributed by atoms with Crippen molar-refractivity contribution in [2.75, 3.05) is 9.80 Å². The molecule has 0 spiro atoms. The van der Waals surface area contributed by atoms with Crippen LogP contribution in [-0.4, -0.2) is 15.8 Å². The lowest BCUT2D eigenvalue weighted by Crippen LogP contribution is -2.61. The fourth-order valence-electron chi connectivity index (χ4n) is 16.3. The first-order valence-electron chi connectivity index (χ1n) is 37.0. The molecule has 2 aliphatic heterocycles. The number of nitrogens with zero attached hydrogens (tertiary/aromatic N) is 4. The van der Waals surface area contributed by atoms with Crippen LogP contribution in [0.3, 0.4) is 0 Å². The van der Waals surface area contributed by atoms with Crippen LogP contribution in [0, 0.1) is 0 Å². The summed E-state index contributed by atoms with van der Waals surface area (Å²) in [6.45, 7) is 34.9. The van der Waals surface area contributed by atoms with Crippen LogP contribution in [0.5, 0.6) is 0 Å². The molecule has 15 aromatic rings. The highest BCUT2D eigenvalue weighted by molar-refractivity contribution is 7.00. The third-order valence-electron chi connectivity index (χ3n) is 22.3. The number of rotatable bonds is 8. The second-order valence-electron chi connectivity index (χ2n) is 34.4. The Morgan fingerprint density at radius 3 is 0.786 bits per heavy atom. The summed E-state index contributed by atoms with van der Waals surface area (Å²) in [5, 5.41) is 5.10. The standard InChI is InChI=1S/C98H91BN4/c1-94(2,3)70-35-47-85-79(54-70)80-55-71(95(4,5)6)36-48-86(80)102(85)77-43-45-83-89(60-77)100(75-39-31-65(32-40-75)62-25-19-16-20-26-62)91-58-74(98(13,14)15)59-92-93(91)99(83)84-46-44-78(103-87-49-37-72(96(7,8)9)56-81(87)82-57-73(97(10,11)12)38-50-88(82)103)61-90(84)101(92)76-41-33-66(34-42-76)69-52-67(63-27-21-17-22-28-63)51-68(53-69)64-29-23-18-24-30-64/h16-61H,1-15H3. The average Bonchev–Trinajstić information content (AvgIpc) is 0.722. The Morgan fingerprint density at radius 1 is 0.214 bits per heavy atom. The van der Waals surface area contributed by atoms with Gasteiger partial charge < -0.3 is 18.9 Å². The van der Waals surface area contributed by atoms with Crippen molar-refractivity contribution in [2.45, 2.75) is 131 Å². The monoisotopic (exact) mass is 1330 g/mol. The zero-order valence-electron chi connectivity index (χ0n) is 62.4. The van der Waals surface area contributed by atoms with E-state index in [2.05, 4.69) is 402 Å². The zero-order chi connectivity index (χ0) is 71.4. The van der Waals surface area contributed by atoms with Gasteiger partial charge in [0, 0.05) is 67.0 Å². The van der Waals surface area contributed by atoms with E-state index >= 15 is 0 Å². The molecule has 0 atom stereocenters. The van der Waals surface area contributed by atoms with E-state index in [0.29, 0.717) is 0 Å². The number of aromatic nitrogens is 2. The molecule has 0 N–H and O–H groups in total. The molecule has 0 saturated heterocycles.